The van der Waals surface area contributed by atoms with Crippen LogP contribution in [0.1, 0.15) is 15.9 Å². The van der Waals surface area contributed by atoms with Crippen molar-refractivity contribution in [2.75, 3.05) is 30.6 Å². The molecule has 0 fully saturated rings. The summed E-state index contributed by atoms with van der Waals surface area (Å²) in [5.41, 5.74) is 1.97. The summed E-state index contributed by atoms with van der Waals surface area (Å²) < 4.78 is 10.8. The summed E-state index contributed by atoms with van der Waals surface area (Å²) in [6.07, 6.45) is 1.52. The van der Waals surface area contributed by atoms with E-state index in [1.807, 2.05) is 0 Å². The van der Waals surface area contributed by atoms with E-state index in [1.165, 1.54) is 32.1 Å². The van der Waals surface area contributed by atoms with Crippen molar-refractivity contribution in [2.24, 2.45) is 0 Å². The summed E-state index contributed by atoms with van der Waals surface area (Å²) >= 11 is 13.3. The van der Waals surface area contributed by atoms with Gasteiger partial charge in [0, 0.05) is 27.4 Å². The Bertz CT molecular complexity index is 1650. The first-order valence-corrected chi connectivity index (χ1v) is 14.6. The Morgan fingerprint density at radius 1 is 0.791 bits per heavy atom. The molecule has 4 aromatic rings. The smallest absolute Gasteiger partial charge is 0.272 e. The molecular formula is C32H27Cl2N3O5S. The van der Waals surface area contributed by atoms with Crippen LogP contribution in [-0.4, -0.2) is 37.7 Å². The zero-order valence-corrected chi connectivity index (χ0v) is 25.5. The summed E-state index contributed by atoms with van der Waals surface area (Å²) in [7, 11) is 3.04. The molecule has 0 radical (unpaired) electrons. The summed E-state index contributed by atoms with van der Waals surface area (Å²) in [5.74, 6) is -0.000219. The van der Waals surface area contributed by atoms with Gasteiger partial charge in [-0.3, -0.25) is 14.4 Å². The second kappa shape index (κ2) is 15.2. The molecule has 0 aliphatic heterocycles. The number of carbonyl (C=O) groups is 3. The molecule has 11 heteroatoms. The Morgan fingerprint density at radius 3 is 2.19 bits per heavy atom. The first kappa shape index (κ1) is 31.5. The normalized spacial score (nSPS) is 10.9. The third-order valence-corrected chi connectivity index (χ3v) is 7.70. The molecule has 3 N–H and O–H groups in total. The minimum Gasteiger partial charge on any atom is -0.497 e. The third kappa shape index (κ3) is 9.02. The largest absolute Gasteiger partial charge is 0.497 e. The van der Waals surface area contributed by atoms with E-state index < -0.39 is 11.8 Å². The first-order valence-electron chi connectivity index (χ1n) is 12.8. The predicted octanol–water partition coefficient (Wildman–Crippen LogP) is 7.15. The number of halogens is 2. The van der Waals surface area contributed by atoms with Crippen LogP contribution < -0.4 is 25.4 Å². The summed E-state index contributed by atoms with van der Waals surface area (Å²) in [6, 6.07) is 25.6. The maximum absolute atomic E-state index is 13.4. The summed E-state index contributed by atoms with van der Waals surface area (Å²) in [6.45, 7) is 0. The van der Waals surface area contributed by atoms with Crippen LogP contribution >= 0.6 is 35.0 Å². The molecule has 0 aliphatic rings. The van der Waals surface area contributed by atoms with Crippen LogP contribution in [-0.2, 0) is 9.59 Å². The Hall–Kier alpha value is -4.44. The molecule has 0 unspecified atom stereocenters. The van der Waals surface area contributed by atoms with Gasteiger partial charge in [-0.1, -0.05) is 41.4 Å². The SMILES string of the molecule is COc1ccc(OC)c(/C=C(\NC(=O)c2ccccc2)C(=O)Nc2ccc(SCC(=O)Nc3ccc(Cl)c(Cl)c3)cc2)c1. The highest BCUT2D eigenvalue weighted by Gasteiger charge is 2.17. The number of ether oxygens (including phenoxy) is 2. The van der Waals surface area contributed by atoms with Crippen molar-refractivity contribution in [1.82, 2.24) is 5.32 Å². The highest BCUT2D eigenvalue weighted by atomic mass is 35.5. The zero-order valence-electron chi connectivity index (χ0n) is 23.2. The van der Waals surface area contributed by atoms with E-state index in [0.29, 0.717) is 44.0 Å². The van der Waals surface area contributed by atoms with Crippen LogP contribution in [0.4, 0.5) is 11.4 Å². The van der Waals surface area contributed by atoms with Crippen molar-refractivity contribution in [3.63, 3.8) is 0 Å². The average molecular weight is 637 g/mol. The van der Waals surface area contributed by atoms with Crippen molar-refractivity contribution in [3.05, 3.63) is 118 Å². The van der Waals surface area contributed by atoms with Gasteiger partial charge in [-0.15, -0.1) is 11.8 Å². The van der Waals surface area contributed by atoms with Gasteiger partial charge in [0.1, 0.15) is 17.2 Å². The molecule has 0 aromatic heterocycles. The molecule has 43 heavy (non-hydrogen) atoms. The third-order valence-electron chi connectivity index (χ3n) is 5.95. The number of carbonyl (C=O) groups excluding carboxylic acids is 3. The Kier molecular flexibility index (Phi) is 11.1. The van der Waals surface area contributed by atoms with E-state index in [4.69, 9.17) is 32.7 Å². The molecule has 0 saturated heterocycles. The lowest BCUT2D eigenvalue weighted by Gasteiger charge is -2.13. The quantitative estimate of drug-likeness (QED) is 0.119. The fraction of sp³-hybridized carbons (Fsp3) is 0.0938. The number of rotatable bonds is 11. The topological polar surface area (TPSA) is 106 Å². The van der Waals surface area contributed by atoms with Crippen LogP contribution in [0.3, 0.4) is 0 Å². The van der Waals surface area contributed by atoms with Gasteiger partial charge in [0.2, 0.25) is 5.91 Å². The van der Waals surface area contributed by atoms with E-state index in [2.05, 4.69) is 16.0 Å². The maximum atomic E-state index is 13.4. The number of hydrogen-bond donors (Lipinski definition) is 3. The Labute approximate surface area is 263 Å². The van der Waals surface area contributed by atoms with E-state index in [1.54, 1.807) is 91.0 Å². The molecule has 0 heterocycles. The van der Waals surface area contributed by atoms with Crippen LogP contribution in [0.25, 0.3) is 6.08 Å². The van der Waals surface area contributed by atoms with Crippen LogP contribution in [0.5, 0.6) is 11.5 Å². The van der Waals surface area contributed by atoms with E-state index >= 15 is 0 Å². The summed E-state index contributed by atoms with van der Waals surface area (Å²) in [4.78, 5) is 39.6. The number of amides is 3. The molecule has 3 amide bonds. The van der Waals surface area contributed by atoms with Gasteiger partial charge >= 0.3 is 0 Å². The highest BCUT2D eigenvalue weighted by Crippen LogP contribution is 2.27. The van der Waals surface area contributed by atoms with Crippen molar-refractivity contribution >= 4 is 70.1 Å². The Morgan fingerprint density at radius 2 is 1.51 bits per heavy atom. The molecule has 0 spiro atoms. The molecule has 220 valence electrons. The lowest BCUT2D eigenvalue weighted by Crippen LogP contribution is -2.30. The zero-order chi connectivity index (χ0) is 30.8. The van der Waals surface area contributed by atoms with Crippen LogP contribution in [0.15, 0.2) is 102 Å². The van der Waals surface area contributed by atoms with Gasteiger partial charge in [-0.25, -0.2) is 0 Å². The number of anilines is 2. The van der Waals surface area contributed by atoms with Gasteiger partial charge in [-0.05, 0) is 78.9 Å². The van der Waals surface area contributed by atoms with Crippen molar-refractivity contribution in [1.29, 1.82) is 0 Å². The van der Waals surface area contributed by atoms with Crippen LogP contribution in [0, 0.1) is 0 Å². The van der Waals surface area contributed by atoms with Gasteiger partial charge in [0.05, 0.1) is 30.0 Å². The first-order chi connectivity index (χ1) is 20.7. The number of benzene rings is 4. The minimum atomic E-state index is -0.546. The van der Waals surface area contributed by atoms with Crippen molar-refractivity contribution in [3.8, 4) is 11.5 Å². The second-order valence-corrected chi connectivity index (χ2v) is 10.8. The monoisotopic (exact) mass is 635 g/mol. The van der Waals surface area contributed by atoms with Gasteiger partial charge in [-0.2, -0.15) is 0 Å². The van der Waals surface area contributed by atoms with Crippen molar-refractivity contribution in [2.45, 2.75) is 4.90 Å². The molecule has 0 atom stereocenters. The average Bonchev–Trinajstić information content (AvgIpc) is 3.02. The lowest BCUT2D eigenvalue weighted by molar-refractivity contribution is -0.114. The second-order valence-electron chi connectivity index (χ2n) is 8.93. The number of thioether (sulfide) groups is 1. The van der Waals surface area contributed by atoms with E-state index in [-0.39, 0.29) is 17.4 Å². The maximum Gasteiger partial charge on any atom is 0.272 e. The molecule has 0 bridgehead atoms. The number of methoxy groups -OCH3 is 2. The van der Waals surface area contributed by atoms with Gasteiger partial charge in [0.25, 0.3) is 11.8 Å². The number of hydrogen-bond acceptors (Lipinski definition) is 6. The molecule has 4 rings (SSSR count). The number of nitrogens with one attached hydrogen (secondary N) is 3. The standard InChI is InChI=1S/C32H27Cl2N3O5S/c1-41-24-11-15-29(42-2)21(16-24)17-28(37-31(39)20-6-4-3-5-7-20)32(40)36-22-8-12-25(13-9-22)43-19-30(38)35-23-10-14-26(33)27(34)18-23/h3-18H,19H2,1-2H3,(H,35,38)(H,36,40)(H,37,39)/b28-17-. The Balaban J connectivity index is 1.46. The van der Waals surface area contributed by atoms with E-state index in [9.17, 15) is 14.4 Å². The molecule has 0 saturated carbocycles. The molecule has 0 aliphatic carbocycles. The predicted molar refractivity (Wildman–Crippen MR) is 172 cm³/mol. The van der Waals surface area contributed by atoms with Crippen LogP contribution in [0.2, 0.25) is 10.0 Å². The fourth-order valence-corrected chi connectivity index (χ4v) is 4.80. The minimum absolute atomic E-state index is 0.00201. The molecule has 8 nitrogen and oxygen atoms in total. The summed E-state index contributed by atoms with van der Waals surface area (Å²) in [5, 5.41) is 9.06. The lowest BCUT2D eigenvalue weighted by atomic mass is 10.1. The fourth-order valence-electron chi connectivity index (χ4n) is 3.80. The van der Waals surface area contributed by atoms with Gasteiger partial charge in [0.15, 0.2) is 0 Å². The van der Waals surface area contributed by atoms with E-state index in [0.717, 1.165) is 4.90 Å². The van der Waals surface area contributed by atoms with Gasteiger partial charge < -0.3 is 25.4 Å². The molecule has 4 aromatic carbocycles. The van der Waals surface area contributed by atoms with Crippen molar-refractivity contribution < 1.29 is 23.9 Å². The molecular weight excluding hydrogens is 609 g/mol. The highest BCUT2D eigenvalue weighted by molar-refractivity contribution is 8.00.